The van der Waals surface area contributed by atoms with Crippen LogP contribution in [0.5, 0.6) is 17.2 Å². The summed E-state index contributed by atoms with van der Waals surface area (Å²) in [4.78, 5) is 26.0. The van der Waals surface area contributed by atoms with E-state index in [1.54, 1.807) is 32.9 Å². The fraction of sp³-hybridized carbons (Fsp3) is 0.517. The molecule has 0 spiro atoms. The molecule has 0 aliphatic rings. The molecular weight excluding hydrogens is 994 g/mol. The Kier molecular flexibility index (Phi) is 13.4. The van der Waals surface area contributed by atoms with Gasteiger partial charge in [-0.1, -0.05) is 41.5 Å². The van der Waals surface area contributed by atoms with E-state index in [2.05, 4.69) is 137 Å². The highest BCUT2D eigenvalue weighted by Gasteiger charge is 2.54. The number of carbonyl (C=O) groups excluding carboxylic acids is 1. The zero-order valence-corrected chi connectivity index (χ0v) is 34.4. The number of amides is 1. The van der Waals surface area contributed by atoms with Gasteiger partial charge in [-0.15, -0.1) is 0 Å². The van der Waals surface area contributed by atoms with E-state index in [1.165, 1.54) is 0 Å². The Labute approximate surface area is 299 Å². The number of alkyl carbamates (subject to hydrolysis) is 1. The number of carboxylic acids is 1. The largest absolute Gasteiger partial charge is 0.506 e. The van der Waals surface area contributed by atoms with Gasteiger partial charge in [-0.05, 0) is 158 Å². The number of carboxylic acid groups (broad SMARTS) is 1. The number of carbonyl (C=O) groups is 2. The second-order valence-electron chi connectivity index (χ2n) is 12.1. The maximum Gasteiger partial charge on any atom is 0.408 e. The van der Waals surface area contributed by atoms with Gasteiger partial charge < -0.3 is 25.0 Å². The Hall–Kier alpha value is -0.0831. The molecule has 7 nitrogen and oxygen atoms in total. The van der Waals surface area contributed by atoms with Gasteiger partial charge in [-0.3, -0.25) is 0 Å². The number of nitrogens with one attached hydrogen (secondary N) is 1. The van der Waals surface area contributed by atoms with Gasteiger partial charge in [0.1, 0.15) is 23.1 Å². The zero-order valence-electron chi connectivity index (χ0n) is 24.7. The molecule has 0 bridgehead atoms. The first-order valence-electron chi connectivity index (χ1n) is 13.3. The van der Waals surface area contributed by atoms with Crippen LogP contribution in [0.1, 0.15) is 73.4 Å². The van der Waals surface area contributed by atoms with Crippen molar-refractivity contribution in [3.63, 3.8) is 0 Å². The molecule has 2 aromatic carbocycles. The summed E-state index contributed by atoms with van der Waals surface area (Å²) in [6.07, 6.45) is -0.741. The Morgan fingerprint density at radius 3 is 1.63 bits per heavy atom. The first kappa shape index (κ1) is 37.1. The summed E-state index contributed by atoms with van der Waals surface area (Å²) in [5.41, 5.74) is 0.330. The van der Waals surface area contributed by atoms with Crippen molar-refractivity contribution in [3.8, 4) is 17.2 Å². The van der Waals surface area contributed by atoms with Crippen LogP contribution in [0, 0.1) is 14.3 Å². The molecule has 12 heteroatoms. The van der Waals surface area contributed by atoms with Crippen LogP contribution in [0.3, 0.4) is 0 Å². The van der Waals surface area contributed by atoms with Crippen LogP contribution in [-0.2, 0) is 9.53 Å². The number of phenolic OH excluding ortho intramolecular Hbond substituents is 1. The third-order valence-corrected chi connectivity index (χ3v) is 18.4. The molecular formula is C29H39I4NO6Si. The normalized spacial score (nSPS) is 13.9. The minimum Gasteiger partial charge on any atom is -0.506 e. The molecule has 3 N–H and O–H groups in total. The van der Waals surface area contributed by atoms with E-state index in [0.29, 0.717) is 18.6 Å². The number of aromatic hydroxyl groups is 1. The van der Waals surface area contributed by atoms with E-state index in [9.17, 15) is 19.8 Å². The highest BCUT2D eigenvalue weighted by atomic mass is 127. The Morgan fingerprint density at radius 1 is 0.829 bits per heavy atom. The summed E-state index contributed by atoms with van der Waals surface area (Å²) >= 11 is 8.61. The third kappa shape index (κ3) is 8.76. The van der Waals surface area contributed by atoms with Gasteiger partial charge in [0.2, 0.25) is 0 Å². The van der Waals surface area contributed by atoms with Crippen LogP contribution in [0.4, 0.5) is 4.79 Å². The molecule has 1 amide bonds. The number of hydrogen-bond donors (Lipinski definition) is 3. The zero-order chi connectivity index (χ0) is 31.6. The fourth-order valence-electron chi connectivity index (χ4n) is 6.14. The molecule has 0 aromatic heterocycles. The number of phenols is 1. The lowest BCUT2D eigenvalue weighted by Crippen LogP contribution is -2.60. The Bertz CT molecular complexity index is 1210. The van der Waals surface area contributed by atoms with E-state index >= 15 is 0 Å². The molecule has 0 saturated heterocycles. The standard InChI is InChI=1S/C29H39I4NO6Si/c1-14(2)41(15(3)4,16(5)6)26(23(27(36)37)34-28(38)40-29(7,8)9)17-10-21(32)25(22(33)11-17)39-18-12-19(30)24(35)20(31)13-18/h10-16,23,26,35H,1-9H3,(H,34,38)(H,36,37). The lowest BCUT2D eigenvalue weighted by Gasteiger charge is -2.51. The van der Waals surface area contributed by atoms with Crippen molar-refractivity contribution < 1.29 is 29.3 Å². The molecule has 0 heterocycles. The molecule has 2 aromatic rings. The summed E-state index contributed by atoms with van der Waals surface area (Å²) in [6, 6.07) is 6.38. The molecule has 228 valence electrons. The van der Waals surface area contributed by atoms with Gasteiger partial charge in [0.25, 0.3) is 0 Å². The SMILES string of the molecule is CC(C)[Si](C(C)C)(C(C)C)C(c1cc(I)c(Oc2cc(I)c(O)c(I)c2)c(I)c1)C(NC(=O)OC(C)(C)C)C(=O)O. The second-order valence-corrected chi connectivity index (χ2v) is 22.8. The predicted octanol–water partition coefficient (Wildman–Crippen LogP) is 9.88. The number of hydrogen-bond acceptors (Lipinski definition) is 5. The first-order valence-corrected chi connectivity index (χ1v) is 19.9. The summed E-state index contributed by atoms with van der Waals surface area (Å²) in [6.45, 7) is 18.4. The molecule has 2 rings (SSSR count). The van der Waals surface area contributed by atoms with E-state index in [4.69, 9.17) is 9.47 Å². The summed E-state index contributed by atoms with van der Waals surface area (Å²) in [5, 5.41) is 23.6. The molecule has 0 aliphatic carbocycles. The van der Waals surface area contributed by atoms with Crippen molar-refractivity contribution in [1.29, 1.82) is 0 Å². The second kappa shape index (κ2) is 14.8. The van der Waals surface area contributed by atoms with Crippen LogP contribution in [0.25, 0.3) is 0 Å². The van der Waals surface area contributed by atoms with Gasteiger partial charge in [-0.25, -0.2) is 9.59 Å². The van der Waals surface area contributed by atoms with Crippen LogP contribution >= 0.6 is 90.4 Å². The van der Waals surface area contributed by atoms with Gasteiger partial charge >= 0.3 is 12.1 Å². The number of ether oxygens (including phenoxy) is 2. The molecule has 0 radical (unpaired) electrons. The molecule has 2 atom stereocenters. The van der Waals surface area contributed by atoms with Gasteiger partial charge in [0.15, 0.2) is 5.75 Å². The van der Waals surface area contributed by atoms with Crippen molar-refractivity contribution in [1.82, 2.24) is 5.32 Å². The van der Waals surface area contributed by atoms with Gasteiger partial charge in [0, 0.05) is 5.54 Å². The average molecular weight is 1030 g/mol. The molecule has 0 aliphatic heterocycles. The summed E-state index contributed by atoms with van der Waals surface area (Å²) < 4.78 is 14.9. The van der Waals surface area contributed by atoms with E-state index < -0.39 is 37.3 Å². The van der Waals surface area contributed by atoms with Crippen LogP contribution in [0.15, 0.2) is 24.3 Å². The van der Waals surface area contributed by atoms with E-state index in [-0.39, 0.29) is 22.4 Å². The Balaban J connectivity index is 2.79. The average Bonchev–Trinajstić information content (AvgIpc) is 2.79. The predicted molar refractivity (Wildman–Crippen MR) is 200 cm³/mol. The lowest BCUT2D eigenvalue weighted by molar-refractivity contribution is -0.139. The van der Waals surface area contributed by atoms with Crippen molar-refractivity contribution in [3.05, 3.63) is 44.1 Å². The summed E-state index contributed by atoms with van der Waals surface area (Å²) in [7, 11) is -2.54. The maximum atomic E-state index is 13.0. The third-order valence-electron chi connectivity index (χ3n) is 7.40. The fourth-order valence-corrected chi connectivity index (χ4v) is 17.6. The minimum atomic E-state index is -2.54. The molecule has 0 saturated carbocycles. The highest BCUT2D eigenvalue weighted by molar-refractivity contribution is 14.1. The first-order chi connectivity index (χ1) is 18.7. The monoisotopic (exact) mass is 1030 g/mol. The minimum absolute atomic E-state index is 0.218. The quantitative estimate of drug-likeness (QED) is 0.162. The van der Waals surface area contributed by atoms with Crippen LogP contribution in [-0.4, -0.2) is 42.0 Å². The van der Waals surface area contributed by atoms with Gasteiger partial charge in [0.05, 0.1) is 22.4 Å². The van der Waals surface area contributed by atoms with Crippen LogP contribution in [0.2, 0.25) is 16.6 Å². The Morgan fingerprint density at radius 2 is 1.27 bits per heavy atom. The topological polar surface area (TPSA) is 105 Å². The van der Waals surface area contributed by atoms with Crippen molar-refractivity contribution in [2.75, 3.05) is 0 Å². The van der Waals surface area contributed by atoms with Crippen molar-refractivity contribution >= 4 is 110 Å². The van der Waals surface area contributed by atoms with Crippen molar-refractivity contribution in [2.45, 2.75) is 96.1 Å². The number of halogens is 4. The lowest BCUT2D eigenvalue weighted by atomic mass is 10.0. The molecule has 0 fully saturated rings. The summed E-state index contributed by atoms with van der Waals surface area (Å²) in [5.74, 6) is 0.389. The van der Waals surface area contributed by atoms with Gasteiger partial charge in [-0.2, -0.15) is 0 Å². The van der Waals surface area contributed by atoms with E-state index in [1.807, 2.05) is 12.1 Å². The van der Waals surface area contributed by atoms with E-state index in [0.717, 1.165) is 12.7 Å². The number of aliphatic carboxylic acids is 1. The molecule has 2 unspecified atom stereocenters. The smallest absolute Gasteiger partial charge is 0.408 e. The maximum absolute atomic E-state index is 13.0. The number of rotatable bonds is 10. The van der Waals surface area contributed by atoms with Crippen molar-refractivity contribution in [2.24, 2.45) is 0 Å². The van der Waals surface area contributed by atoms with Crippen LogP contribution < -0.4 is 10.1 Å². The molecule has 41 heavy (non-hydrogen) atoms. The number of benzene rings is 2. The highest BCUT2D eigenvalue weighted by Crippen LogP contribution is 2.52.